The van der Waals surface area contributed by atoms with Crippen molar-refractivity contribution < 1.29 is 8.42 Å². The summed E-state index contributed by atoms with van der Waals surface area (Å²) in [4.78, 5) is 17.5. The molecule has 0 unspecified atom stereocenters. The molecule has 2 aromatic carbocycles. The molecule has 0 amide bonds. The number of anilines is 1. The van der Waals surface area contributed by atoms with Crippen LogP contribution in [0, 0.1) is 6.92 Å². The first-order valence-electron chi connectivity index (χ1n) is 9.79. The lowest BCUT2D eigenvalue weighted by Crippen LogP contribution is -2.19. The fraction of sp³-hybridized carbons (Fsp3) is 0.0909. The van der Waals surface area contributed by atoms with Gasteiger partial charge in [0.15, 0.2) is 11.0 Å². The number of nitrogens with one attached hydrogen (secondary N) is 2. The molecule has 0 saturated heterocycles. The number of hydrogen-bond donors (Lipinski definition) is 2. The molecule has 2 heterocycles. The summed E-state index contributed by atoms with van der Waals surface area (Å²) < 4.78 is 28.9. The van der Waals surface area contributed by atoms with Crippen LogP contribution in [-0.2, 0) is 10.0 Å². The van der Waals surface area contributed by atoms with Crippen molar-refractivity contribution >= 4 is 38.8 Å². The first-order valence-corrected chi connectivity index (χ1v) is 11.7. The normalized spacial score (nSPS) is 12.0. The van der Waals surface area contributed by atoms with Crippen LogP contribution in [0.15, 0.2) is 81.4 Å². The summed E-state index contributed by atoms with van der Waals surface area (Å²) in [5, 5.41) is 10.5. The van der Waals surface area contributed by atoms with Crippen LogP contribution in [-0.4, -0.2) is 34.1 Å². The number of aryl methyl sites for hydroxylation is 1. The SMILES string of the molecule is CC(=Nc1ccc(S(=O)(=O)Nc2ccc(Cl)nn2)cc1)c1c(C)[nH]n(-c2ccccc2)c1=O. The summed E-state index contributed by atoms with van der Waals surface area (Å²) in [5.74, 6) is 0.0509. The van der Waals surface area contributed by atoms with Crippen molar-refractivity contribution in [3.8, 4) is 5.69 Å². The van der Waals surface area contributed by atoms with E-state index in [1.165, 1.54) is 28.9 Å². The maximum absolute atomic E-state index is 12.9. The summed E-state index contributed by atoms with van der Waals surface area (Å²) in [6, 6.07) is 18.0. The highest BCUT2D eigenvalue weighted by Crippen LogP contribution is 2.20. The van der Waals surface area contributed by atoms with Crippen molar-refractivity contribution in [1.29, 1.82) is 0 Å². The highest BCUT2D eigenvalue weighted by molar-refractivity contribution is 7.92. The zero-order valence-electron chi connectivity index (χ0n) is 17.7. The maximum atomic E-state index is 12.9. The molecule has 0 spiro atoms. The number of aliphatic imine (C=N–C) groups is 1. The molecular weight excluding hydrogens is 464 g/mol. The molecule has 2 N–H and O–H groups in total. The Bertz CT molecular complexity index is 1480. The second-order valence-corrected chi connectivity index (χ2v) is 9.20. The van der Waals surface area contributed by atoms with Gasteiger partial charge in [-0.15, -0.1) is 10.2 Å². The molecule has 0 saturated carbocycles. The Morgan fingerprint density at radius 3 is 2.36 bits per heavy atom. The number of rotatable bonds is 6. The summed E-state index contributed by atoms with van der Waals surface area (Å²) >= 11 is 5.67. The number of H-pyrrole nitrogens is 1. The minimum Gasteiger partial charge on any atom is -0.295 e. The zero-order valence-corrected chi connectivity index (χ0v) is 19.2. The minimum atomic E-state index is -3.87. The number of hydrogen-bond acceptors (Lipinski definition) is 6. The summed E-state index contributed by atoms with van der Waals surface area (Å²) in [6.45, 7) is 3.54. The number of benzene rings is 2. The third kappa shape index (κ3) is 4.86. The van der Waals surface area contributed by atoms with Gasteiger partial charge < -0.3 is 0 Å². The van der Waals surface area contributed by atoms with Crippen molar-refractivity contribution in [3.05, 3.63) is 93.5 Å². The molecule has 2 aromatic heterocycles. The second kappa shape index (κ2) is 9.00. The number of aromatic nitrogens is 4. The number of nitrogens with zero attached hydrogens (tertiary/aromatic N) is 4. The standard InChI is InChI=1S/C22H19ClN6O3S/c1-14(21-15(2)27-29(22(21)30)17-6-4-3-5-7-17)24-16-8-10-18(11-9-16)33(31,32)28-20-13-12-19(23)25-26-20/h3-13,27H,1-2H3,(H,26,28). The fourth-order valence-electron chi connectivity index (χ4n) is 3.25. The smallest absolute Gasteiger partial charge is 0.280 e. The highest BCUT2D eigenvalue weighted by Gasteiger charge is 2.17. The van der Waals surface area contributed by atoms with Crippen LogP contribution >= 0.6 is 11.6 Å². The third-order valence-electron chi connectivity index (χ3n) is 4.76. The van der Waals surface area contributed by atoms with Gasteiger partial charge in [0, 0.05) is 5.69 Å². The molecule has 33 heavy (non-hydrogen) atoms. The van der Waals surface area contributed by atoms with E-state index in [9.17, 15) is 13.2 Å². The number of aromatic amines is 1. The Kier molecular flexibility index (Phi) is 6.12. The van der Waals surface area contributed by atoms with Crippen LogP contribution in [0.4, 0.5) is 11.5 Å². The Balaban J connectivity index is 1.59. The van der Waals surface area contributed by atoms with Gasteiger partial charge in [0.2, 0.25) is 0 Å². The molecule has 0 radical (unpaired) electrons. The summed E-state index contributed by atoms with van der Waals surface area (Å²) in [7, 11) is -3.87. The predicted molar refractivity (Wildman–Crippen MR) is 127 cm³/mol. The van der Waals surface area contributed by atoms with E-state index in [2.05, 4.69) is 25.0 Å². The maximum Gasteiger partial charge on any atom is 0.280 e. The van der Waals surface area contributed by atoms with Crippen LogP contribution in [0.3, 0.4) is 0 Å². The van der Waals surface area contributed by atoms with E-state index < -0.39 is 10.0 Å². The number of para-hydroxylation sites is 1. The molecule has 168 valence electrons. The van der Waals surface area contributed by atoms with E-state index in [0.29, 0.717) is 22.7 Å². The largest absolute Gasteiger partial charge is 0.295 e. The summed E-state index contributed by atoms with van der Waals surface area (Å²) in [6.07, 6.45) is 0. The molecule has 0 aliphatic rings. The topological polar surface area (TPSA) is 122 Å². The van der Waals surface area contributed by atoms with Crippen LogP contribution < -0.4 is 10.3 Å². The van der Waals surface area contributed by atoms with Crippen LogP contribution in [0.2, 0.25) is 5.15 Å². The van der Waals surface area contributed by atoms with E-state index in [1.807, 2.05) is 30.3 Å². The van der Waals surface area contributed by atoms with Gasteiger partial charge in [0.1, 0.15) is 0 Å². The number of halogens is 1. The molecule has 4 rings (SSSR count). The minimum absolute atomic E-state index is 0.0279. The van der Waals surface area contributed by atoms with E-state index in [1.54, 1.807) is 26.0 Å². The van der Waals surface area contributed by atoms with Gasteiger partial charge >= 0.3 is 0 Å². The van der Waals surface area contributed by atoms with Gasteiger partial charge in [-0.3, -0.25) is 19.6 Å². The lowest BCUT2D eigenvalue weighted by molar-refractivity contribution is 0.601. The molecule has 4 aromatic rings. The first-order chi connectivity index (χ1) is 15.7. The van der Waals surface area contributed by atoms with Gasteiger partial charge in [-0.2, -0.15) is 0 Å². The quantitative estimate of drug-likeness (QED) is 0.404. The van der Waals surface area contributed by atoms with Gasteiger partial charge in [0.05, 0.1) is 27.5 Å². The molecule has 0 bridgehead atoms. The average molecular weight is 483 g/mol. The van der Waals surface area contributed by atoms with E-state index in [0.717, 1.165) is 5.69 Å². The van der Waals surface area contributed by atoms with Crippen molar-refractivity contribution in [1.82, 2.24) is 20.0 Å². The molecular formula is C22H19ClN6O3S. The van der Waals surface area contributed by atoms with Crippen LogP contribution in [0.25, 0.3) is 5.69 Å². The monoisotopic (exact) mass is 482 g/mol. The molecule has 9 nitrogen and oxygen atoms in total. The lowest BCUT2D eigenvalue weighted by Gasteiger charge is -2.07. The average Bonchev–Trinajstić information content (AvgIpc) is 3.10. The Morgan fingerprint density at radius 2 is 1.73 bits per heavy atom. The molecule has 0 fully saturated rings. The molecule has 0 aliphatic carbocycles. The summed E-state index contributed by atoms with van der Waals surface area (Å²) in [5.41, 5.74) is 2.65. The molecule has 0 atom stereocenters. The van der Waals surface area contributed by atoms with E-state index >= 15 is 0 Å². The Labute approximate surface area is 194 Å². The van der Waals surface area contributed by atoms with E-state index in [4.69, 9.17) is 11.6 Å². The lowest BCUT2D eigenvalue weighted by atomic mass is 10.1. The molecule has 0 aliphatic heterocycles. The second-order valence-electron chi connectivity index (χ2n) is 7.13. The number of sulfonamides is 1. The van der Waals surface area contributed by atoms with Gasteiger partial charge in [-0.05, 0) is 62.4 Å². The van der Waals surface area contributed by atoms with Crippen molar-refractivity contribution in [2.45, 2.75) is 18.7 Å². The fourth-order valence-corrected chi connectivity index (χ4v) is 4.35. The highest BCUT2D eigenvalue weighted by atomic mass is 35.5. The van der Waals surface area contributed by atoms with Gasteiger partial charge in [-0.1, -0.05) is 29.8 Å². The first kappa shape index (κ1) is 22.4. The Hall–Kier alpha value is -3.76. The van der Waals surface area contributed by atoms with E-state index in [-0.39, 0.29) is 21.4 Å². The van der Waals surface area contributed by atoms with Crippen LogP contribution in [0.1, 0.15) is 18.2 Å². The Morgan fingerprint density at radius 1 is 1.03 bits per heavy atom. The predicted octanol–water partition coefficient (Wildman–Crippen LogP) is 3.86. The van der Waals surface area contributed by atoms with Crippen molar-refractivity contribution in [3.63, 3.8) is 0 Å². The van der Waals surface area contributed by atoms with Gasteiger partial charge in [-0.25, -0.2) is 13.1 Å². The van der Waals surface area contributed by atoms with Crippen LogP contribution in [0.5, 0.6) is 0 Å². The third-order valence-corrected chi connectivity index (χ3v) is 6.33. The van der Waals surface area contributed by atoms with Crippen molar-refractivity contribution in [2.24, 2.45) is 4.99 Å². The van der Waals surface area contributed by atoms with Crippen molar-refractivity contribution in [2.75, 3.05) is 4.72 Å². The zero-order chi connectivity index (χ0) is 23.6. The van der Waals surface area contributed by atoms with Gasteiger partial charge in [0.25, 0.3) is 15.6 Å². The molecule has 11 heteroatoms.